The van der Waals surface area contributed by atoms with Crippen molar-refractivity contribution in [2.45, 2.75) is 260 Å². The van der Waals surface area contributed by atoms with Crippen LogP contribution in [-0.2, 0) is 52.2 Å². The van der Waals surface area contributed by atoms with Crippen LogP contribution >= 0.6 is 0 Å². The second-order valence-corrected chi connectivity index (χ2v) is 28.0. The molecule has 0 bridgehead atoms. The summed E-state index contributed by atoms with van der Waals surface area (Å²) in [6.45, 7) is 11.5. The average molecular weight is 1220 g/mol. The van der Waals surface area contributed by atoms with Crippen LogP contribution in [0.15, 0.2) is 11.6 Å². The first-order valence-electron chi connectivity index (χ1n) is 30.3. The molecule has 10 aliphatic rings. The van der Waals surface area contributed by atoms with E-state index in [0.717, 1.165) is 18.4 Å². The fourth-order valence-electron chi connectivity index (χ4n) is 17.5. The van der Waals surface area contributed by atoms with E-state index in [0.29, 0.717) is 32.1 Å². The Balaban J connectivity index is 0.894. The number of carbonyl (C=O) groups is 1. The minimum Gasteiger partial charge on any atom is -0.432 e. The van der Waals surface area contributed by atoms with E-state index in [-0.39, 0.29) is 43.3 Å². The molecule has 10 rings (SSSR count). The molecule has 5 aliphatic carbocycles. The molecule has 85 heavy (non-hydrogen) atoms. The third kappa shape index (κ3) is 10.9. The largest absolute Gasteiger partial charge is 0.432 e. The van der Waals surface area contributed by atoms with Crippen LogP contribution in [-0.4, -0.2) is 274 Å². The zero-order valence-corrected chi connectivity index (χ0v) is 49.3. The van der Waals surface area contributed by atoms with E-state index in [1.165, 1.54) is 6.92 Å². The molecule has 0 amide bonds. The molecule has 0 aromatic carbocycles. The van der Waals surface area contributed by atoms with E-state index >= 15 is 0 Å². The number of rotatable bonds is 13. The minimum absolute atomic E-state index is 0.000205. The number of hydrogen-bond acceptors (Lipinski definition) is 27. The van der Waals surface area contributed by atoms with Gasteiger partial charge in [-0.2, -0.15) is 0 Å². The molecule has 0 unspecified atom stereocenters. The van der Waals surface area contributed by atoms with Crippen LogP contribution in [0, 0.1) is 50.2 Å². The molecule has 5 heterocycles. The predicted molar refractivity (Wildman–Crippen MR) is 285 cm³/mol. The van der Waals surface area contributed by atoms with Crippen molar-refractivity contribution in [3.63, 3.8) is 0 Å². The molecule has 27 nitrogen and oxygen atoms in total. The fourth-order valence-corrected chi connectivity index (χ4v) is 17.5. The second kappa shape index (κ2) is 24.4. The van der Waals surface area contributed by atoms with Gasteiger partial charge in [0.05, 0.1) is 56.8 Å². The lowest BCUT2D eigenvalue weighted by molar-refractivity contribution is -0.394. The fraction of sp³-hybridized carbons (Fsp3) is 0.948. The Labute approximate surface area is 493 Å². The van der Waals surface area contributed by atoms with E-state index in [1.54, 1.807) is 6.92 Å². The van der Waals surface area contributed by atoms with Crippen LogP contribution in [0.2, 0.25) is 0 Å². The second-order valence-electron chi connectivity index (χ2n) is 28.0. The van der Waals surface area contributed by atoms with Gasteiger partial charge < -0.3 is 129 Å². The van der Waals surface area contributed by atoms with E-state index in [2.05, 4.69) is 40.7 Å². The molecule has 0 radical (unpaired) electrons. The van der Waals surface area contributed by atoms with Gasteiger partial charge in [0, 0.05) is 5.41 Å². The third-order valence-corrected chi connectivity index (χ3v) is 23.1. The molecule has 488 valence electrons. The third-order valence-electron chi connectivity index (χ3n) is 23.1. The summed E-state index contributed by atoms with van der Waals surface area (Å²) < 4.78 is 60.2. The van der Waals surface area contributed by atoms with Crippen molar-refractivity contribution in [3.05, 3.63) is 11.6 Å². The highest BCUT2D eigenvalue weighted by molar-refractivity contribution is 5.77. The Hall–Kier alpha value is -1.79. The van der Waals surface area contributed by atoms with Gasteiger partial charge in [0.15, 0.2) is 25.2 Å². The topological polar surface area (TPSA) is 433 Å². The molecule has 0 aromatic rings. The van der Waals surface area contributed by atoms with Gasteiger partial charge in [-0.25, -0.2) is 0 Å². The Morgan fingerprint density at radius 3 is 1.80 bits per heavy atom. The van der Waals surface area contributed by atoms with Gasteiger partial charge in [-0.3, -0.25) is 4.79 Å². The average Bonchev–Trinajstić information content (AvgIpc) is 0.688. The summed E-state index contributed by atoms with van der Waals surface area (Å²) in [5.74, 6) is -1.02. The maximum absolute atomic E-state index is 14.2. The summed E-state index contributed by atoms with van der Waals surface area (Å²) in [6.07, 6.45) is -32.9. The van der Waals surface area contributed by atoms with Gasteiger partial charge in [0.2, 0.25) is 6.29 Å². The summed E-state index contributed by atoms with van der Waals surface area (Å²) in [7, 11) is 0. The number of hydrogen-bond donors (Lipinski definition) is 16. The van der Waals surface area contributed by atoms with Crippen molar-refractivity contribution in [1.29, 1.82) is 0 Å². The molecular weight excluding hydrogens is 1130 g/mol. The summed E-state index contributed by atoms with van der Waals surface area (Å²) >= 11 is 0. The Kier molecular flexibility index (Phi) is 18.9. The highest BCUT2D eigenvalue weighted by atomic mass is 16.8. The van der Waals surface area contributed by atoms with Gasteiger partial charge in [0.25, 0.3) is 0 Å². The number of fused-ring (bicyclic) bond motifs is 7. The molecular formula is C58H94O27. The van der Waals surface area contributed by atoms with Gasteiger partial charge in [-0.05, 0) is 111 Å². The lowest BCUT2D eigenvalue weighted by Crippen LogP contribution is -2.68. The zero-order valence-electron chi connectivity index (χ0n) is 49.3. The molecule has 16 N–H and O–H groups in total. The summed E-state index contributed by atoms with van der Waals surface area (Å²) in [6, 6.07) is 0. The molecule has 5 saturated heterocycles. The quantitative estimate of drug-likeness (QED) is 0.0475. The first-order chi connectivity index (χ1) is 39.9. The van der Waals surface area contributed by atoms with Crippen LogP contribution < -0.4 is 0 Å². The van der Waals surface area contributed by atoms with Crippen molar-refractivity contribution >= 4 is 5.97 Å². The monoisotopic (exact) mass is 1220 g/mol. The maximum Gasteiger partial charge on any atom is 0.314 e. The normalized spacial score (nSPS) is 55.3. The highest BCUT2D eigenvalue weighted by Crippen LogP contribution is 2.76. The van der Waals surface area contributed by atoms with E-state index < -0.39 is 212 Å². The van der Waals surface area contributed by atoms with Crippen LogP contribution in [0.3, 0.4) is 0 Å². The van der Waals surface area contributed by atoms with Gasteiger partial charge in [-0.15, -0.1) is 0 Å². The lowest BCUT2D eigenvalue weighted by atomic mass is 9.33. The maximum atomic E-state index is 14.2. The van der Waals surface area contributed by atoms with E-state index in [4.69, 9.17) is 47.4 Å². The zero-order chi connectivity index (χ0) is 62.0. The van der Waals surface area contributed by atoms with Crippen molar-refractivity contribution < 1.29 is 134 Å². The number of esters is 1. The SMILES string of the molecule is C[C@@H]1O[C@@H](O[C@H]2[C@H](O[C@H]3CO[C@@H](O[C@H]4CC[C@]5(C)[C@H]6CC=C7[C@@H]8C[C@@](C)(C(=O)O[C@@H]9OC[C@H](O)[C@H](O)[C@H]9O)CC[C@]8(CO)[C@H](O)C[C@@]7(C)[C@]6(C)CC[C@H]5C4(C)C)[C@H](O[C@@H]4O[C@H](CO)[C@@H](O)[C@H](O)[C@H]4O)[C@H]3O)O[C@H](CO)[C@@H](O)[C@@H]2O)[C@H](O)[C@H](O)[C@H]1O. The van der Waals surface area contributed by atoms with Gasteiger partial charge in [-0.1, -0.05) is 46.3 Å². The molecule has 0 spiro atoms. The first-order valence-corrected chi connectivity index (χ1v) is 30.3. The van der Waals surface area contributed by atoms with Gasteiger partial charge >= 0.3 is 5.97 Å². The number of allylic oxidation sites excluding steroid dienone is 2. The number of carbonyl (C=O) groups excluding carboxylic acids is 1. The predicted octanol–water partition coefficient (Wildman–Crippen LogP) is -3.96. The van der Waals surface area contributed by atoms with E-state index in [1.807, 2.05) is 0 Å². The lowest BCUT2D eigenvalue weighted by Gasteiger charge is -2.72. The Morgan fingerprint density at radius 1 is 0.565 bits per heavy atom. The number of ether oxygens (including phenoxy) is 10. The number of aliphatic hydroxyl groups is 16. The molecule has 4 saturated carbocycles. The standard InChI is InChI=1S/C58H94O27/c1-23-34(64)39(69)43(73)48(78-23)84-46-41(71)37(67)28(19-60)80-51(46)81-29-21-77-50(45(38(29)68)83-49-44(74)40(70)36(66)27(18-59)79-49)82-33-11-12-55(5)30(53(33,2)3)10-13-56(6)31(55)9-8-24-25-16-54(4,14-15-58(25,22-61)32(63)17-57(24,56)7)52(75)85-47-42(72)35(65)26(62)20-76-47/h8,23,25-51,59-74H,9-22H2,1-7H3/t23-,25-,26-,27+,28+,29-,30-,31+,32+,33-,34-,35-,36+,37+,38-,39+,40-,41-,42+,43+,44+,45+,46+,47-,48-,49-,50-,51-,54-,55-,56+,57+,58+/m0/s1. The smallest absolute Gasteiger partial charge is 0.314 e. The van der Waals surface area contributed by atoms with Crippen LogP contribution in [0.1, 0.15) is 106 Å². The van der Waals surface area contributed by atoms with Crippen molar-refractivity contribution in [1.82, 2.24) is 0 Å². The molecule has 27 heteroatoms. The molecule has 33 atom stereocenters. The summed E-state index contributed by atoms with van der Waals surface area (Å²) in [5.41, 5.74) is -2.96. The van der Waals surface area contributed by atoms with Crippen molar-refractivity contribution in [3.8, 4) is 0 Å². The number of aliphatic hydroxyl groups excluding tert-OH is 16. The Morgan fingerprint density at radius 2 is 1.15 bits per heavy atom. The van der Waals surface area contributed by atoms with Crippen LogP contribution in [0.4, 0.5) is 0 Å². The van der Waals surface area contributed by atoms with Crippen molar-refractivity contribution in [2.75, 3.05) is 33.0 Å². The van der Waals surface area contributed by atoms with Crippen LogP contribution in [0.25, 0.3) is 0 Å². The minimum atomic E-state index is -1.94. The van der Waals surface area contributed by atoms with Crippen LogP contribution in [0.5, 0.6) is 0 Å². The molecule has 9 fully saturated rings. The Bertz CT molecular complexity index is 2370. The molecule has 0 aromatic heterocycles. The highest BCUT2D eigenvalue weighted by Gasteiger charge is 2.71. The first kappa shape index (κ1) is 66.1. The summed E-state index contributed by atoms with van der Waals surface area (Å²) in [4.78, 5) is 14.2. The summed E-state index contributed by atoms with van der Waals surface area (Å²) in [5, 5.41) is 174. The van der Waals surface area contributed by atoms with Gasteiger partial charge in [0.1, 0.15) is 104 Å². The molecule has 5 aliphatic heterocycles. The van der Waals surface area contributed by atoms with E-state index in [9.17, 15) is 86.5 Å². The van der Waals surface area contributed by atoms with Crippen molar-refractivity contribution in [2.24, 2.45) is 50.2 Å².